The van der Waals surface area contributed by atoms with Gasteiger partial charge in [0.15, 0.2) is 0 Å². The largest absolute Gasteiger partial charge is 0.417 e. The smallest absolute Gasteiger partial charge is 0.355 e. The quantitative estimate of drug-likeness (QED) is 0.864. The first-order valence-corrected chi connectivity index (χ1v) is 8.98. The molecule has 1 saturated heterocycles. The van der Waals surface area contributed by atoms with E-state index in [2.05, 4.69) is 10.3 Å². The second kappa shape index (κ2) is 7.40. The van der Waals surface area contributed by atoms with E-state index >= 15 is 0 Å². The fourth-order valence-electron chi connectivity index (χ4n) is 3.27. The van der Waals surface area contributed by atoms with Gasteiger partial charge < -0.3 is 10.2 Å². The number of pyridine rings is 1. The average molecular weight is 376 g/mol. The Labute approximate surface area is 149 Å². The number of halogens is 4. The number of amides is 1. The number of rotatable bonds is 4. The van der Waals surface area contributed by atoms with E-state index in [0.29, 0.717) is 37.3 Å². The Kier molecular flexibility index (Phi) is 5.41. The van der Waals surface area contributed by atoms with E-state index in [9.17, 15) is 18.0 Å². The minimum absolute atomic E-state index is 0.0102. The molecule has 1 aromatic heterocycles. The lowest BCUT2D eigenvalue weighted by atomic mass is 9.90. The fourth-order valence-corrected chi connectivity index (χ4v) is 3.55. The summed E-state index contributed by atoms with van der Waals surface area (Å²) in [6.07, 6.45) is 1.82. The van der Waals surface area contributed by atoms with Crippen molar-refractivity contribution < 1.29 is 18.0 Å². The van der Waals surface area contributed by atoms with Gasteiger partial charge in [0.1, 0.15) is 5.82 Å². The van der Waals surface area contributed by atoms with E-state index in [0.717, 1.165) is 37.9 Å². The van der Waals surface area contributed by atoms with Crippen LogP contribution in [0.2, 0.25) is 5.02 Å². The average Bonchev–Trinajstić information content (AvgIpc) is 2.51. The van der Waals surface area contributed by atoms with Gasteiger partial charge in [0.25, 0.3) is 0 Å². The summed E-state index contributed by atoms with van der Waals surface area (Å²) < 4.78 is 38.1. The maximum absolute atomic E-state index is 12.7. The van der Waals surface area contributed by atoms with Crippen LogP contribution < -0.4 is 10.2 Å². The molecule has 0 atom stereocenters. The highest BCUT2D eigenvalue weighted by atomic mass is 35.5. The third-order valence-electron chi connectivity index (χ3n) is 5.01. The van der Waals surface area contributed by atoms with Gasteiger partial charge in [-0.25, -0.2) is 4.98 Å². The van der Waals surface area contributed by atoms with Crippen LogP contribution in [0.5, 0.6) is 0 Å². The van der Waals surface area contributed by atoms with Crippen LogP contribution in [0.15, 0.2) is 12.3 Å². The summed E-state index contributed by atoms with van der Waals surface area (Å²) in [5.74, 6) is 0.783. The highest BCUT2D eigenvalue weighted by molar-refractivity contribution is 6.33. The number of carbonyl (C=O) groups is 1. The standard InChI is InChI=1S/C17H21ClF3N3O/c18-14-9-12(17(19,20)21)10-22-16(14)24-6-4-11(5-7-24)8-15(25)23-13-2-1-3-13/h9-11,13H,1-8H2,(H,23,25). The summed E-state index contributed by atoms with van der Waals surface area (Å²) in [5.41, 5.74) is -0.844. The summed E-state index contributed by atoms with van der Waals surface area (Å²) in [6.45, 7) is 1.28. The van der Waals surface area contributed by atoms with Crippen molar-refractivity contribution in [3.8, 4) is 0 Å². The van der Waals surface area contributed by atoms with Gasteiger partial charge >= 0.3 is 6.18 Å². The molecule has 25 heavy (non-hydrogen) atoms. The predicted molar refractivity (Wildman–Crippen MR) is 89.6 cm³/mol. The highest BCUT2D eigenvalue weighted by Crippen LogP contribution is 2.35. The number of aromatic nitrogens is 1. The molecule has 0 spiro atoms. The van der Waals surface area contributed by atoms with Crippen LogP contribution in [-0.2, 0) is 11.0 Å². The molecule has 2 fully saturated rings. The number of hydrogen-bond acceptors (Lipinski definition) is 3. The van der Waals surface area contributed by atoms with E-state index in [1.54, 1.807) is 0 Å². The van der Waals surface area contributed by atoms with Gasteiger partial charge in [-0.3, -0.25) is 4.79 Å². The Morgan fingerprint density at radius 1 is 1.28 bits per heavy atom. The van der Waals surface area contributed by atoms with Crippen molar-refractivity contribution in [2.45, 2.75) is 50.7 Å². The van der Waals surface area contributed by atoms with Crippen molar-refractivity contribution in [1.29, 1.82) is 0 Å². The first-order chi connectivity index (χ1) is 11.8. The SMILES string of the molecule is O=C(CC1CCN(c2ncc(C(F)(F)F)cc2Cl)CC1)NC1CCC1. The Balaban J connectivity index is 1.52. The summed E-state index contributed by atoms with van der Waals surface area (Å²) in [6, 6.07) is 1.27. The summed E-state index contributed by atoms with van der Waals surface area (Å²) >= 11 is 6.00. The number of anilines is 1. The minimum Gasteiger partial charge on any atom is -0.355 e. The molecule has 0 bridgehead atoms. The molecule has 1 aliphatic heterocycles. The van der Waals surface area contributed by atoms with Crippen molar-refractivity contribution in [2.24, 2.45) is 5.92 Å². The van der Waals surface area contributed by atoms with Crippen molar-refractivity contribution in [3.05, 3.63) is 22.8 Å². The molecule has 1 amide bonds. The summed E-state index contributed by atoms with van der Waals surface area (Å²) in [5, 5.41) is 3.05. The molecule has 1 saturated carbocycles. The number of hydrogen-bond donors (Lipinski definition) is 1. The normalized spacial score (nSPS) is 19.6. The van der Waals surface area contributed by atoms with Crippen LogP contribution in [-0.4, -0.2) is 30.0 Å². The maximum atomic E-state index is 12.7. The van der Waals surface area contributed by atoms with E-state index in [1.165, 1.54) is 6.42 Å². The summed E-state index contributed by atoms with van der Waals surface area (Å²) in [4.78, 5) is 17.8. The maximum Gasteiger partial charge on any atom is 0.417 e. The molecule has 0 aromatic carbocycles. The van der Waals surface area contributed by atoms with Gasteiger partial charge in [-0.1, -0.05) is 11.6 Å². The zero-order valence-electron chi connectivity index (χ0n) is 13.8. The molecule has 1 aromatic rings. The van der Waals surface area contributed by atoms with E-state index in [1.807, 2.05) is 4.90 Å². The molecule has 1 aliphatic carbocycles. The van der Waals surface area contributed by atoms with Gasteiger partial charge in [-0.15, -0.1) is 0 Å². The highest BCUT2D eigenvalue weighted by Gasteiger charge is 2.32. The molecular weight excluding hydrogens is 355 g/mol. The number of nitrogens with zero attached hydrogens (tertiary/aromatic N) is 2. The zero-order chi connectivity index (χ0) is 18.0. The van der Waals surface area contributed by atoms with Crippen LogP contribution in [0.1, 0.15) is 44.1 Å². The van der Waals surface area contributed by atoms with Gasteiger partial charge in [-0.05, 0) is 44.1 Å². The lowest BCUT2D eigenvalue weighted by molar-refractivity contribution is -0.137. The van der Waals surface area contributed by atoms with Crippen LogP contribution in [0.25, 0.3) is 0 Å². The number of piperidine rings is 1. The van der Waals surface area contributed by atoms with Gasteiger partial charge in [0, 0.05) is 31.7 Å². The van der Waals surface area contributed by atoms with Crippen molar-refractivity contribution in [3.63, 3.8) is 0 Å². The lowest BCUT2D eigenvalue weighted by Crippen LogP contribution is -2.41. The molecule has 0 radical (unpaired) electrons. The molecule has 2 heterocycles. The first kappa shape index (κ1) is 18.3. The first-order valence-electron chi connectivity index (χ1n) is 8.60. The fraction of sp³-hybridized carbons (Fsp3) is 0.647. The summed E-state index contributed by atoms with van der Waals surface area (Å²) in [7, 11) is 0. The van der Waals surface area contributed by atoms with Crippen molar-refractivity contribution in [2.75, 3.05) is 18.0 Å². The molecule has 1 N–H and O–H groups in total. The Morgan fingerprint density at radius 3 is 2.48 bits per heavy atom. The second-order valence-corrected chi connectivity index (χ2v) is 7.26. The van der Waals surface area contributed by atoms with Crippen LogP contribution in [0, 0.1) is 5.92 Å². The second-order valence-electron chi connectivity index (χ2n) is 6.86. The van der Waals surface area contributed by atoms with Gasteiger partial charge in [0.2, 0.25) is 5.91 Å². The molecule has 3 rings (SSSR count). The molecule has 8 heteroatoms. The molecule has 138 valence electrons. The Morgan fingerprint density at radius 2 is 1.96 bits per heavy atom. The Hall–Kier alpha value is -1.50. The third-order valence-corrected chi connectivity index (χ3v) is 5.29. The molecule has 0 unspecified atom stereocenters. The van der Waals surface area contributed by atoms with E-state index < -0.39 is 11.7 Å². The number of alkyl halides is 3. The molecular formula is C17H21ClF3N3O. The van der Waals surface area contributed by atoms with Gasteiger partial charge in [0.05, 0.1) is 10.6 Å². The van der Waals surface area contributed by atoms with E-state index in [-0.39, 0.29) is 10.9 Å². The van der Waals surface area contributed by atoms with Gasteiger partial charge in [-0.2, -0.15) is 13.2 Å². The van der Waals surface area contributed by atoms with Crippen LogP contribution in [0.3, 0.4) is 0 Å². The minimum atomic E-state index is -4.45. The zero-order valence-corrected chi connectivity index (χ0v) is 14.5. The van der Waals surface area contributed by atoms with Crippen molar-refractivity contribution >= 4 is 23.3 Å². The van der Waals surface area contributed by atoms with Crippen LogP contribution in [0.4, 0.5) is 19.0 Å². The van der Waals surface area contributed by atoms with E-state index in [4.69, 9.17) is 11.6 Å². The molecule has 2 aliphatic rings. The third kappa shape index (κ3) is 4.57. The Bertz CT molecular complexity index is 626. The predicted octanol–water partition coefficient (Wildman–Crippen LogP) is 4.03. The monoisotopic (exact) mass is 375 g/mol. The van der Waals surface area contributed by atoms with Crippen molar-refractivity contribution in [1.82, 2.24) is 10.3 Å². The topological polar surface area (TPSA) is 45.2 Å². The number of carbonyl (C=O) groups excluding carboxylic acids is 1. The number of nitrogens with one attached hydrogen (secondary N) is 1. The van der Waals surface area contributed by atoms with Crippen LogP contribution >= 0.6 is 11.6 Å². The molecule has 4 nitrogen and oxygen atoms in total. The lowest BCUT2D eigenvalue weighted by Gasteiger charge is -2.34.